The number of fused-ring (bicyclic) bond motifs is 1. The third-order valence-electron chi connectivity index (χ3n) is 7.86. The Hall–Kier alpha value is -2.46. The van der Waals surface area contributed by atoms with Gasteiger partial charge in [-0.05, 0) is 66.8 Å². The average Bonchev–Trinajstić information content (AvgIpc) is 3.24. The molecule has 38 heavy (non-hydrogen) atoms. The molecular formula is C28H36F3N3O3S. The predicted molar refractivity (Wildman–Crippen MR) is 139 cm³/mol. The molecule has 1 amide bonds. The van der Waals surface area contributed by atoms with Crippen LogP contribution in [0, 0.1) is 17.8 Å². The van der Waals surface area contributed by atoms with Crippen LogP contribution in [0.1, 0.15) is 79.7 Å². The third kappa shape index (κ3) is 6.39. The Kier molecular flexibility index (Phi) is 8.52. The van der Waals surface area contributed by atoms with Gasteiger partial charge in [0.15, 0.2) is 9.84 Å². The summed E-state index contributed by atoms with van der Waals surface area (Å²) in [4.78, 5) is 20.1. The van der Waals surface area contributed by atoms with Crippen molar-refractivity contribution in [3.63, 3.8) is 0 Å². The molecule has 0 spiro atoms. The van der Waals surface area contributed by atoms with Crippen molar-refractivity contribution in [3.8, 4) is 0 Å². The molecular weight excluding hydrogens is 515 g/mol. The average molecular weight is 552 g/mol. The van der Waals surface area contributed by atoms with Crippen LogP contribution in [0.25, 0.3) is 0 Å². The number of amides is 1. The molecule has 1 atom stereocenters. The van der Waals surface area contributed by atoms with Crippen molar-refractivity contribution in [1.29, 1.82) is 0 Å². The Balaban J connectivity index is 1.38. The van der Waals surface area contributed by atoms with Gasteiger partial charge in [-0.25, -0.2) is 8.42 Å². The first-order chi connectivity index (χ1) is 17.9. The summed E-state index contributed by atoms with van der Waals surface area (Å²) in [6, 6.07) is 8.42. The van der Waals surface area contributed by atoms with E-state index in [1.165, 1.54) is 0 Å². The van der Waals surface area contributed by atoms with Crippen molar-refractivity contribution < 1.29 is 26.4 Å². The summed E-state index contributed by atoms with van der Waals surface area (Å²) in [5.41, 5.74) is 3.15. The highest BCUT2D eigenvalue weighted by Gasteiger charge is 2.42. The van der Waals surface area contributed by atoms with E-state index in [2.05, 4.69) is 29.0 Å². The number of alkyl halides is 3. The molecule has 208 valence electrons. The van der Waals surface area contributed by atoms with Gasteiger partial charge in [-0.1, -0.05) is 32.9 Å². The van der Waals surface area contributed by atoms with Crippen molar-refractivity contribution in [3.05, 3.63) is 58.9 Å². The highest BCUT2D eigenvalue weighted by Crippen LogP contribution is 2.43. The van der Waals surface area contributed by atoms with Crippen molar-refractivity contribution >= 4 is 15.7 Å². The van der Waals surface area contributed by atoms with Crippen molar-refractivity contribution in [2.75, 3.05) is 12.3 Å². The van der Waals surface area contributed by atoms with E-state index in [4.69, 9.17) is 0 Å². The number of hydrogen-bond donors (Lipinski definition) is 1. The number of aromatic nitrogens is 1. The normalized spacial score (nSPS) is 22.4. The van der Waals surface area contributed by atoms with Crippen molar-refractivity contribution in [1.82, 2.24) is 15.2 Å². The summed E-state index contributed by atoms with van der Waals surface area (Å²) in [5, 5.41) is 2.87. The van der Waals surface area contributed by atoms with Gasteiger partial charge in [-0.3, -0.25) is 14.7 Å². The number of carbonyl (C=O) groups is 1. The Morgan fingerprint density at radius 1 is 1.13 bits per heavy atom. The van der Waals surface area contributed by atoms with Crippen LogP contribution >= 0.6 is 0 Å². The number of rotatable bonds is 8. The molecule has 2 heterocycles. The number of benzene rings is 1. The topological polar surface area (TPSA) is 79.4 Å². The molecule has 1 unspecified atom stereocenters. The Morgan fingerprint density at radius 3 is 2.37 bits per heavy atom. The maximum atomic E-state index is 13.1. The van der Waals surface area contributed by atoms with Crippen LogP contribution in [0.2, 0.25) is 0 Å². The summed E-state index contributed by atoms with van der Waals surface area (Å²) in [7, 11) is -3.27. The van der Waals surface area contributed by atoms with Gasteiger partial charge >= 0.3 is 6.18 Å². The van der Waals surface area contributed by atoms with Crippen molar-refractivity contribution in [2.45, 2.75) is 76.7 Å². The van der Waals surface area contributed by atoms with Crippen LogP contribution in [0.3, 0.4) is 0 Å². The standard InChI is InChI=1S/C28H36F3N3O3S/c1-4-38(36,37)24-11-7-19(8-12-24)14-33-27(35)21-13-22-17-34(26(18(2)3)25(22)32-15-21)16-20-5-9-23(10-6-20)28(29,30)31/h7-8,11-13,15,18,20,23,26H,4-6,9-10,14,16-17H2,1-3H3,(H,33,35). The minimum atomic E-state index is -4.10. The highest BCUT2D eigenvalue weighted by atomic mass is 32.2. The monoisotopic (exact) mass is 551 g/mol. The molecule has 1 fully saturated rings. The molecule has 1 aliphatic carbocycles. The lowest BCUT2D eigenvalue weighted by Crippen LogP contribution is -2.35. The number of nitrogens with zero attached hydrogens (tertiary/aromatic N) is 2. The maximum Gasteiger partial charge on any atom is 0.391 e. The number of pyridine rings is 1. The van der Waals surface area contributed by atoms with E-state index in [9.17, 15) is 26.4 Å². The minimum Gasteiger partial charge on any atom is -0.348 e. The third-order valence-corrected chi connectivity index (χ3v) is 9.61. The Labute approximate surface area is 222 Å². The highest BCUT2D eigenvalue weighted by molar-refractivity contribution is 7.91. The zero-order valence-corrected chi connectivity index (χ0v) is 22.9. The lowest BCUT2D eigenvalue weighted by atomic mass is 9.81. The number of hydrogen-bond acceptors (Lipinski definition) is 5. The fraction of sp³-hybridized carbons (Fsp3) is 0.571. The van der Waals surface area contributed by atoms with E-state index < -0.39 is 21.9 Å². The van der Waals surface area contributed by atoms with Gasteiger partial charge in [0, 0.05) is 25.8 Å². The molecule has 1 aromatic heterocycles. The van der Waals surface area contributed by atoms with Gasteiger partial charge in [0.05, 0.1) is 33.9 Å². The quantitative estimate of drug-likeness (QED) is 0.456. The van der Waals surface area contributed by atoms with E-state index in [-0.39, 0.29) is 53.8 Å². The molecule has 1 aliphatic heterocycles. The lowest BCUT2D eigenvalue weighted by molar-refractivity contribution is -0.184. The van der Waals surface area contributed by atoms with Crippen molar-refractivity contribution in [2.24, 2.45) is 17.8 Å². The second-order valence-corrected chi connectivity index (χ2v) is 13.2. The molecule has 1 saturated carbocycles. The number of sulfone groups is 1. The molecule has 0 radical (unpaired) electrons. The van der Waals surface area contributed by atoms with Gasteiger partial charge in [-0.2, -0.15) is 13.2 Å². The maximum absolute atomic E-state index is 13.1. The Morgan fingerprint density at radius 2 is 1.79 bits per heavy atom. The molecule has 2 aliphatic rings. The molecule has 1 N–H and O–H groups in total. The molecule has 0 saturated heterocycles. The van der Waals surface area contributed by atoms with Crippen LogP contribution in [-0.4, -0.2) is 42.7 Å². The molecule has 6 nitrogen and oxygen atoms in total. The van der Waals surface area contributed by atoms with Gasteiger partial charge in [0.2, 0.25) is 0 Å². The summed E-state index contributed by atoms with van der Waals surface area (Å²) in [5.74, 6) is -0.918. The van der Waals surface area contributed by atoms with Gasteiger partial charge in [-0.15, -0.1) is 0 Å². The van der Waals surface area contributed by atoms with E-state index in [1.54, 1.807) is 37.4 Å². The van der Waals surface area contributed by atoms with Crippen LogP contribution < -0.4 is 5.32 Å². The van der Waals surface area contributed by atoms with Crippen LogP contribution in [0.15, 0.2) is 41.4 Å². The van der Waals surface area contributed by atoms with E-state index >= 15 is 0 Å². The fourth-order valence-electron chi connectivity index (χ4n) is 5.71. The summed E-state index contributed by atoms with van der Waals surface area (Å²) >= 11 is 0. The zero-order valence-electron chi connectivity index (χ0n) is 22.1. The van der Waals surface area contributed by atoms with E-state index in [0.29, 0.717) is 24.9 Å². The summed E-state index contributed by atoms with van der Waals surface area (Å²) < 4.78 is 63.2. The molecule has 0 bridgehead atoms. The number of carbonyl (C=O) groups excluding carboxylic acids is 1. The van der Waals surface area contributed by atoms with Gasteiger partial charge in [0.1, 0.15) is 0 Å². The minimum absolute atomic E-state index is 0.0304. The second-order valence-electron chi connectivity index (χ2n) is 10.9. The first-order valence-corrected chi connectivity index (χ1v) is 14.9. The van der Waals surface area contributed by atoms with Gasteiger partial charge < -0.3 is 5.32 Å². The summed E-state index contributed by atoms with van der Waals surface area (Å²) in [6.45, 7) is 7.44. The van der Waals surface area contributed by atoms with E-state index in [0.717, 1.165) is 23.4 Å². The lowest BCUT2D eigenvalue weighted by Gasteiger charge is -2.35. The first-order valence-electron chi connectivity index (χ1n) is 13.3. The number of halogens is 3. The fourth-order valence-corrected chi connectivity index (χ4v) is 6.60. The van der Waals surface area contributed by atoms with Crippen LogP contribution in [0.4, 0.5) is 13.2 Å². The largest absolute Gasteiger partial charge is 0.391 e. The summed E-state index contributed by atoms with van der Waals surface area (Å²) in [6.07, 6.45) is -0.974. The molecule has 2 aromatic rings. The van der Waals surface area contributed by atoms with E-state index in [1.807, 2.05) is 6.07 Å². The van der Waals surface area contributed by atoms with Crippen LogP contribution in [-0.2, 0) is 22.9 Å². The van der Waals surface area contributed by atoms with Gasteiger partial charge in [0.25, 0.3) is 5.91 Å². The number of nitrogens with one attached hydrogen (secondary N) is 1. The second kappa shape index (κ2) is 11.3. The van der Waals surface area contributed by atoms with Crippen LogP contribution in [0.5, 0.6) is 0 Å². The first kappa shape index (κ1) is 28.5. The zero-order chi connectivity index (χ0) is 27.7. The SMILES string of the molecule is CCS(=O)(=O)c1ccc(CNC(=O)c2cnc3c(c2)CN(CC2CCC(C(F)(F)F)CC2)C3C(C)C)cc1. The Bertz CT molecular complexity index is 1240. The molecule has 4 rings (SSSR count). The predicted octanol–water partition coefficient (Wildman–Crippen LogP) is 5.69. The smallest absolute Gasteiger partial charge is 0.348 e. The molecule has 10 heteroatoms. The molecule has 1 aromatic carbocycles.